The quantitative estimate of drug-likeness (QED) is 0.641. The number of H-pyrrole nitrogens is 1. The lowest BCUT2D eigenvalue weighted by atomic mass is 9.88. The van der Waals surface area contributed by atoms with E-state index in [4.69, 9.17) is 4.42 Å². The number of aromatic nitrogens is 2. The molecule has 1 aliphatic rings. The normalized spacial score (nSPS) is 16.9. The second-order valence-corrected chi connectivity index (χ2v) is 9.34. The Kier molecular flexibility index (Phi) is 6.25. The van der Waals surface area contributed by atoms with Gasteiger partial charge in [0.25, 0.3) is 10.2 Å². The van der Waals surface area contributed by atoms with Crippen LogP contribution >= 0.6 is 0 Å². The average molecular weight is 427 g/mol. The van der Waals surface area contributed by atoms with E-state index in [1.165, 1.54) is 10.4 Å². The van der Waals surface area contributed by atoms with Crippen molar-refractivity contribution in [3.63, 3.8) is 0 Å². The van der Waals surface area contributed by atoms with E-state index >= 15 is 0 Å². The topological polar surface area (TPSA) is 108 Å². The molecule has 3 rings (SSSR count). The van der Waals surface area contributed by atoms with Crippen molar-refractivity contribution in [1.29, 1.82) is 0 Å². The molecule has 0 radical (unpaired) electrons. The summed E-state index contributed by atoms with van der Waals surface area (Å²) < 4.78 is 49.8. The molecule has 0 amide bonds. The summed E-state index contributed by atoms with van der Waals surface area (Å²) in [6.07, 6.45) is 2.02. The van der Waals surface area contributed by atoms with Gasteiger partial charge in [-0.05, 0) is 55.4 Å². The van der Waals surface area contributed by atoms with E-state index in [-0.39, 0.29) is 5.89 Å². The number of halogens is 1. The maximum Gasteiger partial charge on any atom is 0.434 e. The van der Waals surface area contributed by atoms with Crippen molar-refractivity contribution in [3.8, 4) is 0 Å². The van der Waals surface area contributed by atoms with Crippen LogP contribution in [-0.2, 0) is 10.2 Å². The zero-order valence-corrected chi connectivity index (χ0v) is 17.8. The maximum absolute atomic E-state index is 14.7. The Hall–Kier alpha value is -2.04. The Morgan fingerprint density at radius 2 is 2.07 bits per heavy atom. The Bertz CT molecular complexity index is 1030. The monoisotopic (exact) mass is 426 g/mol. The van der Waals surface area contributed by atoms with Crippen molar-refractivity contribution in [2.45, 2.75) is 52.5 Å². The fraction of sp³-hybridized carbons (Fsp3) is 0.579. The SMILES string of the molecule is CCN(CC1CC1)S(=O)(=O)N[C@H](c1n[nH]c(=O)o1)[C@H](C)c1c(F)ccc(C)c1C. The van der Waals surface area contributed by atoms with Gasteiger partial charge in [-0.15, -0.1) is 5.10 Å². The Labute approximate surface area is 169 Å². The van der Waals surface area contributed by atoms with Gasteiger partial charge in [-0.3, -0.25) is 0 Å². The minimum atomic E-state index is -3.91. The highest BCUT2D eigenvalue weighted by Gasteiger charge is 2.36. The van der Waals surface area contributed by atoms with E-state index in [1.54, 1.807) is 26.8 Å². The predicted molar refractivity (Wildman–Crippen MR) is 106 cm³/mol. The van der Waals surface area contributed by atoms with E-state index in [2.05, 4.69) is 14.9 Å². The molecule has 1 saturated carbocycles. The number of nitrogens with one attached hydrogen (secondary N) is 2. The molecule has 1 fully saturated rings. The summed E-state index contributed by atoms with van der Waals surface area (Å²) in [4.78, 5) is 11.5. The summed E-state index contributed by atoms with van der Waals surface area (Å²) in [5.41, 5.74) is 1.95. The van der Waals surface area contributed by atoms with E-state index < -0.39 is 33.7 Å². The van der Waals surface area contributed by atoms with Gasteiger partial charge >= 0.3 is 5.76 Å². The summed E-state index contributed by atoms with van der Waals surface area (Å²) in [6, 6.07) is 1.97. The molecule has 0 aliphatic heterocycles. The van der Waals surface area contributed by atoms with Crippen LogP contribution in [0.4, 0.5) is 4.39 Å². The second-order valence-electron chi connectivity index (χ2n) is 7.64. The van der Waals surface area contributed by atoms with Gasteiger partial charge < -0.3 is 4.42 Å². The van der Waals surface area contributed by atoms with Gasteiger partial charge in [-0.1, -0.05) is 19.9 Å². The largest absolute Gasteiger partial charge is 0.434 e. The van der Waals surface area contributed by atoms with Crippen molar-refractivity contribution < 1.29 is 17.2 Å². The maximum atomic E-state index is 14.7. The number of aromatic amines is 1. The van der Waals surface area contributed by atoms with Gasteiger partial charge in [0, 0.05) is 19.0 Å². The Morgan fingerprint density at radius 3 is 2.62 bits per heavy atom. The van der Waals surface area contributed by atoms with E-state index in [0.29, 0.717) is 30.1 Å². The van der Waals surface area contributed by atoms with Gasteiger partial charge in [0.1, 0.15) is 11.9 Å². The minimum Gasteiger partial charge on any atom is -0.391 e. The number of aryl methyl sites for hydroxylation is 1. The van der Waals surface area contributed by atoms with Crippen LogP contribution in [0.15, 0.2) is 21.3 Å². The molecule has 0 spiro atoms. The van der Waals surface area contributed by atoms with E-state index in [9.17, 15) is 17.6 Å². The molecule has 160 valence electrons. The Balaban J connectivity index is 1.99. The zero-order valence-electron chi connectivity index (χ0n) is 17.0. The predicted octanol–water partition coefficient (Wildman–Crippen LogP) is 2.53. The van der Waals surface area contributed by atoms with Crippen LogP contribution in [0.1, 0.15) is 61.2 Å². The lowest BCUT2D eigenvalue weighted by Gasteiger charge is -2.28. The van der Waals surface area contributed by atoms with Gasteiger partial charge in [-0.2, -0.15) is 17.4 Å². The first-order chi connectivity index (χ1) is 13.6. The van der Waals surface area contributed by atoms with Crippen LogP contribution in [0.3, 0.4) is 0 Å². The summed E-state index contributed by atoms with van der Waals surface area (Å²) in [5, 5.41) is 5.97. The smallest absolute Gasteiger partial charge is 0.391 e. The van der Waals surface area contributed by atoms with Crippen molar-refractivity contribution in [1.82, 2.24) is 19.2 Å². The third kappa shape index (κ3) is 4.76. The van der Waals surface area contributed by atoms with Gasteiger partial charge in [-0.25, -0.2) is 14.3 Å². The molecule has 10 heteroatoms. The van der Waals surface area contributed by atoms with Crippen molar-refractivity contribution in [2.75, 3.05) is 13.1 Å². The minimum absolute atomic E-state index is 0.131. The first-order valence-corrected chi connectivity index (χ1v) is 11.2. The number of hydrogen-bond acceptors (Lipinski definition) is 5. The number of hydrogen-bond donors (Lipinski definition) is 2. The summed E-state index contributed by atoms with van der Waals surface area (Å²) >= 11 is 0. The molecule has 29 heavy (non-hydrogen) atoms. The molecule has 1 heterocycles. The first kappa shape index (κ1) is 21.7. The van der Waals surface area contributed by atoms with Gasteiger partial charge in [0.05, 0.1) is 0 Å². The van der Waals surface area contributed by atoms with Crippen molar-refractivity contribution >= 4 is 10.2 Å². The molecular formula is C19H27FN4O4S. The number of nitrogens with zero attached hydrogens (tertiary/aromatic N) is 2. The summed E-state index contributed by atoms with van der Waals surface area (Å²) in [7, 11) is -3.91. The van der Waals surface area contributed by atoms with Crippen LogP contribution < -0.4 is 10.5 Å². The summed E-state index contributed by atoms with van der Waals surface area (Å²) in [5.74, 6) is -1.69. The van der Waals surface area contributed by atoms with Gasteiger partial charge in [0.15, 0.2) is 0 Å². The fourth-order valence-corrected chi connectivity index (χ4v) is 5.01. The molecule has 1 aliphatic carbocycles. The first-order valence-electron chi connectivity index (χ1n) is 9.72. The van der Waals surface area contributed by atoms with E-state index in [0.717, 1.165) is 18.4 Å². The molecular weight excluding hydrogens is 399 g/mol. The molecule has 2 N–H and O–H groups in total. The molecule has 1 aromatic carbocycles. The van der Waals surface area contributed by atoms with Gasteiger partial charge in [0.2, 0.25) is 5.89 Å². The molecule has 0 bridgehead atoms. The van der Waals surface area contributed by atoms with Crippen molar-refractivity contribution in [2.24, 2.45) is 5.92 Å². The third-order valence-corrected chi connectivity index (χ3v) is 7.17. The van der Waals surface area contributed by atoms with Crippen LogP contribution in [0, 0.1) is 25.6 Å². The summed E-state index contributed by atoms with van der Waals surface area (Å²) in [6.45, 7) is 7.81. The van der Waals surface area contributed by atoms with Crippen LogP contribution in [0.25, 0.3) is 0 Å². The molecule has 8 nitrogen and oxygen atoms in total. The van der Waals surface area contributed by atoms with Crippen LogP contribution in [0.2, 0.25) is 0 Å². The van der Waals surface area contributed by atoms with Crippen molar-refractivity contribution in [3.05, 3.63) is 51.1 Å². The standard InChI is InChI=1S/C19H27FN4O4S/c1-5-24(10-14-7-8-14)29(26,27)23-17(18-21-22-19(25)28-18)13(4)16-12(3)11(2)6-9-15(16)20/h6,9,13-14,17,23H,5,7-8,10H2,1-4H3,(H,22,25)/t13-,17+/m1/s1. The fourth-order valence-electron chi connectivity index (χ4n) is 3.49. The third-order valence-electron chi connectivity index (χ3n) is 5.54. The molecule has 0 unspecified atom stereocenters. The lowest BCUT2D eigenvalue weighted by molar-refractivity contribution is 0.355. The molecule has 1 aromatic heterocycles. The van der Waals surface area contributed by atoms with E-state index in [1.807, 2.05) is 6.92 Å². The highest BCUT2D eigenvalue weighted by atomic mass is 32.2. The molecule has 2 atom stereocenters. The van der Waals surface area contributed by atoms with Crippen LogP contribution in [0.5, 0.6) is 0 Å². The number of benzene rings is 1. The zero-order chi connectivity index (χ0) is 21.3. The highest BCUT2D eigenvalue weighted by molar-refractivity contribution is 7.87. The Morgan fingerprint density at radius 1 is 1.38 bits per heavy atom. The molecule has 0 saturated heterocycles. The molecule has 2 aromatic rings. The van der Waals surface area contributed by atoms with Crippen LogP contribution in [-0.4, -0.2) is 36.0 Å². The number of rotatable bonds is 9. The second kappa shape index (κ2) is 8.37. The average Bonchev–Trinajstić information content (AvgIpc) is 3.39. The highest BCUT2D eigenvalue weighted by Crippen LogP contribution is 2.35. The lowest BCUT2D eigenvalue weighted by Crippen LogP contribution is -2.44.